The van der Waals surface area contributed by atoms with Crippen molar-refractivity contribution in [3.8, 4) is 45.5 Å². The predicted octanol–water partition coefficient (Wildman–Crippen LogP) is 7.33. The summed E-state index contributed by atoms with van der Waals surface area (Å²) >= 11 is 0. The van der Waals surface area contributed by atoms with Gasteiger partial charge in [-0.15, -0.1) is 0 Å². The number of nitrogens with zero attached hydrogens (tertiary/aromatic N) is 4. The first-order chi connectivity index (χ1) is 36.4. The van der Waals surface area contributed by atoms with E-state index in [0.29, 0.717) is 59.9 Å². The number of aromatic nitrogens is 4. The molecule has 4 amide bonds. The molecule has 2 aromatic carbocycles. The van der Waals surface area contributed by atoms with Crippen LogP contribution in [-0.4, -0.2) is 123 Å². The number of esters is 2. The third kappa shape index (κ3) is 16.4. The van der Waals surface area contributed by atoms with Crippen molar-refractivity contribution in [1.82, 2.24) is 40.8 Å². The first kappa shape index (κ1) is 59.8. The van der Waals surface area contributed by atoms with Crippen LogP contribution in [0.15, 0.2) is 48.5 Å². The molecule has 2 aliphatic rings. The van der Waals surface area contributed by atoms with Gasteiger partial charge in [0.1, 0.15) is 48.2 Å². The van der Waals surface area contributed by atoms with Gasteiger partial charge in [-0.3, -0.25) is 38.1 Å². The predicted molar refractivity (Wildman–Crippen MR) is 286 cm³/mol. The lowest BCUT2D eigenvalue weighted by Crippen LogP contribution is -2.48. The number of hydrogen-bond acceptors (Lipinski definition) is 14. The third-order valence-corrected chi connectivity index (χ3v) is 13.8. The number of hydrogen-bond donors (Lipinski definition) is 4. The molecule has 416 valence electrons. The minimum atomic E-state index is -0.836. The van der Waals surface area contributed by atoms with Crippen LogP contribution >= 0.6 is 0 Å². The quantitative estimate of drug-likeness (QED) is 0.0532. The zero-order valence-corrected chi connectivity index (χ0v) is 46.2. The van der Waals surface area contributed by atoms with Gasteiger partial charge in [-0.1, -0.05) is 66.0 Å². The van der Waals surface area contributed by atoms with Crippen molar-refractivity contribution >= 4 is 35.6 Å². The molecule has 2 aliphatic carbocycles. The lowest BCUT2D eigenvalue weighted by atomic mass is 9.87. The van der Waals surface area contributed by atoms with Gasteiger partial charge in [0.25, 0.3) is 11.8 Å². The summed E-state index contributed by atoms with van der Waals surface area (Å²) in [4.78, 5) is 75.5. The van der Waals surface area contributed by atoms with Crippen LogP contribution in [0.3, 0.4) is 0 Å². The number of rotatable bonds is 23. The molecule has 20 nitrogen and oxygen atoms in total. The summed E-state index contributed by atoms with van der Waals surface area (Å²) in [5, 5.41) is 20.2. The van der Waals surface area contributed by atoms with Gasteiger partial charge in [-0.25, -0.2) is 0 Å². The minimum absolute atomic E-state index is 0.118. The molecule has 2 aromatic heterocycles. The number of ether oxygens (including phenoxy) is 6. The van der Waals surface area contributed by atoms with Gasteiger partial charge in [0.05, 0.1) is 71.2 Å². The van der Waals surface area contributed by atoms with Gasteiger partial charge in [0, 0.05) is 6.54 Å². The van der Waals surface area contributed by atoms with Crippen molar-refractivity contribution in [2.75, 3.05) is 55.7 Å². The average molecular weight is 1060 g/mol. The third-order valence-electron chi connectivity index (χ3n) is 13.8. The van der Waals surface area contributed by atoms with Crippen LogP contribution in [0.2, 0.25) is 0 Å². The van der Waals surface area contributed by atoms with E-state index in [9.17, 15) is 28.8 Å². The Morgan fingerprint density at radius 2 is 1.00 bits per heavy atom. The molecule has 2 fully saturated rings. The highest BCUT2D eigenvalue weighted by molar-refractivity contribution is 5.99. The number of nitrogens with one attached hydrogen (secondary N) is 4. The highest BCUT2D eigenvalue weighted by Crippen LogP contribution is 2.43. The Morgan fingerprint density at radius 3 is 1.42 bits per heavy atom. The molecule has 4 N–H and O–H groups in total. The smallest absolute Gasteiger partial charge is 0.325 e. The Morgan fingerprint density at radius 1 is 0.579 bits per heavy atom. The molecule has 0 saturated heterocycles. The molecule has 6 rings (SSSR count). The molecular weight excluding hydrogens is 977 g/mol. The Labute approximate surface area is 447 Å². The summed E-state index contributed by atoms with van der Waals surface area (Å²) in [6, 6.07) is 13.0. The van der Waals surface area contributed by atoms with Gasteiger partial charge in [0.2, 0.25) is 11.8 Å². The maximum atomic E-state index is 13.5. The standard InChI is InChI=1S/2C28H40N4O6/c1-17(2)14-20(27(34)29-16-25(33)38-6)30-28(35)21-15-22(26-23(36-4)8-7-9-24(26)37-5)32(31-21)19-12-10-18(3)11-13-19;1-18(2)14-20(27(34)29-16-25(33)38-5)30-28(35)21-15-22(26-23(36-3)12-9-13-24(26)37-4)32(31-21)17-19-10-7-6-8-11-19/h7-9,15,17-20H,10-14,16H2,1-6H3,(H,29,34)(H,30,35);9,12-13,15,18-20H,6-8,10-11,14,16-17H2,1-5H3,(H,29,34)(H,30,35)/t18?,19?,20-;20-/m00/s1. The molecule has 0 radical (unpaired) electrons. The summed E-state index contributed by atoms with van der Waals surface area (Å²) in [7, 11) is 8.88. The summed E-state index contributed by atoms with van der Waals surface area (Å²) in [5.41, 5.74) is 3.26. The lowest BCUT2D eigenvalue weighted by molar-refractivity contribution is -0.141. The number of benzene rings is 2. The van der Waals surface area contributed by atoms with Crippen LogP contribution in [0.1, 0.15) is 132 Å². The topological polar surface area (TPSA) is 242 Å². The van der Waals surface area contributed by atoms with E-state index in [2.05, 4.69) is 37.7 Å². The molecule has 76 heavy (non-hydrogen) atoms. The van der Waals surface area contributed by atoms with Crippen molar-refractivity contribution < 1.29 is 57.2 Å². The Kier molecular flexibility index (Phi) is 23.0. The molecule has 2 atom stereocenters. The highest BCUT2D eigenvalue weighted by Gasteiger charge is 2.31. The molecule has 0 aliphatic heterocycles. The van der Waals surface area contributed by atoms with Crippen molar-refractivity contribution in [2.24, 2.45) is 23.7 Å². The van der Waals surface area contributed by atoms with Crippen LogP contribution in [0.5, 0.6) is 23.0 Å². The van der Waals surface area contributed by atoms with E-state index in [-0.39, 0.29) is 42.4 Å². The van der Waals surface area contributed by atoms with Crippen molar-refractivity contribution in [3.63, 3.8) is 0 Å². The summed E-state index contributed by atoms with van der Waals surface area (Å²) in [6.45, 7) is 10.2. The summed E-state index contributed by atoms with van der Waals surface area (Å²) in [6.07, 6.45) is 10.7. The second-order valence-electron chi connectivity index (χ2n) is 20.3. The molecule has 2 heterocycles. The van der Waals surface area contributed by atoms with Crippen molar-refractivity contribution in [3.05, 3.63) is 59.9 Å². The van der Waals surface area contributed by atoms with Gasteiger partial charge in [-0.05, 0) is 111 Å². The molecule has 20 heteroatoms. The van der Waals surface area contributed by atoms with Gasteiger partial charge >= 0.3 is 11.9 Å². The van der Waals surface area contributed by atoms with Crippen LogP contribution in [0, 0.1) is 23.7 Å². The summed E-state index contributed by atoms with van der Waals surface area (Å²) < 4.78 is 35.6. The lowest BCUT2D eigenvalue weighted by Gasteiger charge is -2.28. The SMILES string of the molecule is COC(=O)CNC(=O)[C@H](CC(C)C)NC(=O)c1cc(-c2c(OC)cccc2OC)n(C2CCC(C)CC2)n1.COC(=O)CNC(=O)[C@H](CC(C)C)NC(=O)c1cc(-c2c(OC)cccc2OC)n(CC2CCCCC2)n1. The molecule has 0 unspecified atom stereocenters. The number of carbonyl (C=O) groups is 6. The van der Waals surface area contributed by atoms with Crippen LogP contribution in [0.25, 0.3) is 22.5 Å². The van der Waals surface area contributed by atoms with E-state index in [1.54, 1.807) is 40.6 Å². The van der Waals surface area contributed by atoms with Crippen molar-refractivity contribution in [1.29, 1.82) is 0 Å². The maximum absolute atomic E-state index is 13.5. The average Bonchev–Trinajstić information content (AvgIpc) is 4.06. The first-order valence-corrected chi connectivity index (χ1v) is 26.4. The molecule has 4 aromatic rings. The normalized spacial score (nSPS) is 16.3. The monoisotopic (exact) mass is 1060 g/mol. The van der Waals surface area contributed by atoms with E-state index < -0.39 is 47.7 Å². The molecule has 2 saturated carbocycles. The summed E-state index contributed by atoms with van der Waals surface area (Å²) in [5.74, 6) is 0.823. The van der Waals surface area contributed by atoms with Gasteiger partial charge in [0.15, 0.2) is 11.4 Å². The zero-order valence-electron chi connectivity index (χ0n) is 46.2. The first-order valence-electron chi connectivity index (χ1n) is 26.4. The van der Waals surface area contributed by atoms with Gasteiger partial charge in [-0.2, -0.15) is 10.2 Å². The van der Waals surface area contributed by atoms with Crippen molar-refractivity contribution in [2.45, 2.75) is 130 Å². The van der Waals surface area contributed by atoms with Gasteiger partial charge < -0.3 is 49.7 Å². The highest BCUT2D eigenvalue weighted by atomic mass is 16.5. The van der Waals surface area contributed by atoms with E-state index in [1.165, 1.54) is 33.5 Å². The number of methoxy groups -OCH3 is 6. The maximum Gasteiger partial charge on any atom is 0.325 e. The zero-order chi connectivity index (χ0) is 55.5. The molecule has 0 spiro atoms. The molecule has 0 bridgehead atoms. The molecular formula is C56H80N8O12. The van der Waals surface area contributed by atoms with E-state index in [1.807, 2.05) is 73.5 Å². The Balaban J connectivity index is 0.000000281. The minimum Gasteiger partial charge on any atom is -0.496 e. The van der Waals surface area contributed by atoms with Crippen LogP contribution in [-0.2, 0) is 35.2 Å². The fourth-order valence-corrected chi connectivity index (χ4v) is 9.73. The Hall–Kier alpha value is -7.12. The fraction of sp³-hybridized carbons (Fsp3) is 0.571. The number of amides is 4. The Bertz CT molecular complexity index is 2530. The van der Waals surface area contributed by atoms with Crippen LogP contribution in [0.4, 0.5) is 0 Å². The largest absolute Gasteiger partial charge is 0.496 e. The van der Waals surface area contributed by atoms with E-state index >= 15 is 0 Å². The van der Waals surface area contributed by atoms with E-state index in [4.69, 9.17) is 29.1 Å². The second kappa shape index (κ2) is 29.3. The number of carbonyl (C=O) groups excluding carboxylic acids is 6. The second-order valence-corrected chi connectivity index (χ2v) is 20.3. The van der Waals surface area contributed by atoms with Crippen LogP contribution < -0.4 is 40.2 Å². The fourth-order valence-electron chi connectivity index (χ4n) is 9.73. The van der Waals surface area contributed by atoms with E-state index in [0.717, 1.165) is 55.3 Å².